The van der Waals surface area contributed by atoms with Crippen LogP contribution in [0.3, 0.4) is 0 Å². The average Bonchev–Trinajstić information content (AvgIpc) is 2.78. The molecule has 1 aromatic heterocycles. The van der Waals surface area contributed by atoms with Gasteiger partial charge in [-0.2, -0.15) is 10.2 Å². The molecule has 0 spiro atoms. The van der Waals surface area contributed by atoms with Crippen LogP contribution in [0.2, 0.25) is 0 Å². The van der Waals surface area contributed by atoms with Gasteiger partial charge in [-0.3, -0.25) is 9.48 Å². The fourth-order valence-corrected chi connectivity index (χ4v) is 1.32. The van der Waals surface area contributed by atoms with Crippen LogP contribution in [0.5, 0.6) is 5.75 Å². The van der Waals surface area contributed by atoms with E-state index in [1.165, 1.54) is 6.21 Å². The molecule has 6 nitrogen and oxygen atoms in total. The summed E-state index contributed by atoms with van der Waals surface area (Å²) in [6, 6.07) is 8.06. The van der Waals surface area contributed by atoms with Gasteiger partial charge >= 0.3 is 0 Å². The smallest absolute Gasteiger partial charge is 0.291 e. The van der Waals surface area contributed by atoms with E-state index in [1.54, 1.807) is 48.3 Å². The molecule has 2 aromatic rings. The Morgan fingerprint density at radius 2 is 2.11 bits per heavy atom. The summed E-state index contributed by atoms with van der Waals surface area (Å²) in [5.41, 5.74) is 3.45. The predicted octanol–water partition coefficient (Wildman–Crippen LogP) is 0.890. The van der Waals surface area contributed by atoms with Crippen LogP contribution < -0.4 is 5.43 Å². The lowest BCUT2D eigenvalue weighted by molar-refractivity contribution is 0.0949. The van der Waals surface area contributed by atoms with Gasteiger partial charge in [-0.05, 0) is 35.9 Å². The molecule has 1 aromatic carbocycles. The van der Waals surface area contributed by atoms with Gasteiger partial charge in [-0.15, -0.1) is 0 Å². The summed E-state index contributed by atoms with van der Waals surface area (Å²) in [5.74, 6) is -0.185. The van der Waals surface area contributed by atoms with E-state index in [0.717, 1.165) is 5.56 Å². The van der Waals surface area contributed by atoms with E-state index in [9.17, 15) is 4.79 Å². The van der Waals surface area contributed by atoms with Crippen molar-refractivity contribution in [2.75, 3.05) is 0 Å². The van der Waals surface area contributed by atoms with Crippen molar-refractivity contribution in [3.05, 3.63) is 47.8 Å². The van der Waals surface area contributed by atoms with E-state index in [-0.39, 0.29) is 11.7 Å². The maximum absolute atomic E-state index is 11.6. The molecular formula is C12H12N4O2. The van der Waals surface area contributed by atoms with Crippen LogP contribution in [-0.4, -0.2) is 27.0 Å². The number of nitrogens with zero attached hydrogens (tertiary/aromatic N) is 3. The molecule has 1 amide bonds. The average molecular weight is 244 g/mol. The van der Waals surface area contributed by atoms with Crippen LogP contribution in [0, 0.1) is 0 Å². The summed E-state index contributed by atoms with van der Waals surface area (Å²) in [5, 5.41) is 16.8. The summed E-state index contributed by atoms with van der Waals surface area (Å²) in [4.78, 5) is 11.6. The number of carbonyl (C=O) groups excluding carboxylic acids is 1. The number of carbonyl (C=O) groups is 1. The second-order valence-corrected chi connectivity index (χ2v) is 3.67. The maximum atomic E-state index is 11.6. The molecule has 0 aliphatic rings. The quantitative estimate of drug-likeness (QED) is 0.621. The van der Waals surface area contributed by atoms with Crippen molar-refractivity contribution in [2.24, 2.45) is 12.1 Å². The Labute approximate surface area is 104 Å². The molecule has 0 bridgehead atoms. The van der Waals surface area contributed by atoms with Gasteiger partial charge in [0.25, 0.3) is 5.91 Å². The topological polar surface area (TPSA) is 79.5 Å². The second kappa shape index (κ2) is 5.13. The Kier molecular flexibility index (Phi) is 3.38. The Morgan fingerprint density at radius 1 is 1.39 bits per heavy atom. The van der Waals surface area contributed by atoms with E-state index in [1.807, 2.05) is 0 Å². The van der Waals surface area contributed by atoms with Crippen molar-refractivity contribution in [1.82, 2.24) is 15.2 Å². The monoisotopic (exact) mass is 244 g/mol. The molecule has 0 unspecified atom stereocenters. The number of rotatable bonds is 3. The largest absolute Gasteiger partial charge is 0.508 e. The molecule has 0 radical (unpaired) electrons. The van der Waals surface area contributed by atoms with Crippen molar-refractivity contribution >= 4 is 12.1 Å². The Morgan fingerprint density at radius 3 is 2.72 bits per heavy atom. The first-order chi connectivity index (χ1) is 8.65. The van der Waals surface area contributed by atoms with E-state index in [0.29, 0.717) is 5.69 Å². The van der Waals surface area contributed by atoms with Gasteiger partial charge in [0, 0.05) is 13.2 Å². The third-order valence-electron chi connectivity index (χ3n) is 2.22. The number of benzene rings is 1. The minimum absolute atomic E-state index is 0.185. The number of hydrogen-bond acceptors (Lipinski definition) is 4. The lowest BCUT2D eigenvalue weighted by Gasteiger charge is -1.96. The van der Waals surface area contributed by atoms with Crippen LogP contribution in [0.25, 0.3) is 0 Å². The van der Waals surface area contributed by atoms with Crippen LogP contribution in [0.1, 0.15) is 16.1 Å². The molecule has 0 aliphatic carbocycles. The highest BCUT2D eigenvalue weighted by atomic mass is 16.3. The number of nitrogens with one attached hydrogen (secondary N) is 1. The van der Waals surface area contributed by atoms with Crippen LogP contribution in [-0.2, 0) is 7.05 Å². The fourth-order valence-electron chi connectivity index (χ4n) is 1.32. The van der Waals surface area contributed by atoms with Gasteiger partial charge in [-0.25, -0.2) is 5.43 Å². The second-order valence-electron chi connectivity index (χ2n) is 3.67. The minimum atomic E-state index is -0.370. The summed E-state index contributed by atoms with van der Waals surface area (Å²) < 4.78 is 1.54. The molecule has 2 rings (SSSR count). The first-order valence-electron chi connectivity index (χ1n) is 5.27. The normalized spacial score (nSPS) is 10.7. The zero-order chi connectivity index (χ0) is 13.0. The van der Waals surface area contributed by atoms with Gasteiger partial charge in [-0.1, -0.05) is 0 Å². The highest BCUT2D eigenvalue weighted by Gasteiger charge is 2.06. The number of amides is 1. The van der Waals surface area contributed by atoms with Gasteiger partial charge < -0.3 is 5.11 Å². The van der Waals surface area contributed by atoms with Crippen molar-refractivity contribution in [3.8, 4) is 5.75 Å². The van der Waals surface area contributed by atoms with Gasteiger partial charge in [0.05, 0.1) is 6.21 Å². The molecule has 92 valence electrons. The van der Waals surface area contributed by atoms with Crippen molar-refractivity contribution in [3.63, 3.8) is 0 Å². The summed E-state index contributed by atoms with van der Waals surface area (Å²) in [7, 11) is 1.73. The molecule has 0 atom stereocenters. The first kappa shape index (κ1) is 11.8. The SMILES string of the molecule is Cn1ccc(C(=O)N/N=C/c2ccc(O)cc2)n1. The number of phenols is 1. The number of hydrazone groups is 1. The fraction of sp³-hybridized carbons (Fsp3) is 0.0833. The van der Waals surface area contributed by atoms with E-state index < -0.39 is 0 Å². The van der Waals surface area contributed by atoms with Gasteiger partial charge in [0.1, 0.15) is 5.75 Å². The molecule has 18 heavy (non-hydrogen) atoms. The standard InChI is InChI=1S/C12H12N4O2/c1-16-7-6-11(15-16)12(18)14-13-8-9-2-4-10(17)5-3-9/h2-8,17H,1H3,(H,14,18)/b13-8+. The minimum Gasteiger partial charge on any atom is -0.508 e. The van der Waals surface area contributed by atoms with Gasteiger partial charge in [0.2, 0.25) is 0 Å². The van der Waals surface area contributed by atoms with E-state index >= 15 is 0 Å². The summed E-state index contributed by atoms with van der Waals surface area (Å²) in [6.45, 7) is 0. The third kappa shape index (κ3) is 2.94. The Balaban J connectivity index is 1.95. The molecule has 0 saturated carbocycles. The van der Waals surface area contributed by atoms with Crippen LogP contribution in [0.4, 0.5) is 0 Å². The Bertz CT molecular complexity index is 572. The number of aryl methyl sites for hydroxylation is 1. The first-order valence-corrected chi connectivity index (χ1v) is 5.27. The number of aromatic nitrogens is 2. The van der Waals surface area contributed by atoms with Gasteiger partial charge in [0.15, 0.2) is 5.69 Å². The molecule has 0 saturated heterocycles. The molecule has 0 fully saturated rings. The number of hydrogen-bond donors (Lipinski definition) is 2. The lowest BCUT2D eigenvalue weighted by Crippen LogP contribution is -2.18. The van der Waals surface area contributed by atoms with Crippen molar-refractivity contribution in [2.45, 2.75) is 0 Å². The molecule has 0 aliphatic heterocycles. The summed E-state index contributed by atoms with van der Waals surface area (Å²) >= 11 is 0. The molecule has 1 heterocycles. The van der Waals surface area contributed by atoms with E-state index in [2.05, 4.69) is 15.6 Å². The highest BCUT2D eigenvalue weighted by Crippen LogP contribution is 2.07. The lowest BCUT2D eigenvalue weighted by atomic mass is 10.2. The third-order valence-corrected chi connectivity index (χ3v) is 2.22. The predicted molar refractivity (Wildman–Crippen MR) is 66.4 cm³/mol. The summed E-state index contributed by atoms with van der Waals surface area (Å²) in [6.07, 6.45) is 3.17. The number of phenolic OH excluding ortho intramolecular Hbond substituents is 1. The Hall–Kier alpha value is -2.63. The molecule has 6 heteroatoms. The highest BCUT2D eigenvalue weighted by molar-refractivity contribution is 5.92. The van der Waals surface area contributed by atoms with E-state index in [4.69, 9.17) is 5.11 Å². The van der Waals surface area contributed by atoms with Crippen LogP contribution in [0.15, 0.2) is 41.6 Å². The zero-order valence-electron chi connectivity index (χ0n) is 9.74. The molecular weight excluding hydrogens is 232 g/mol. The van der Waals surface area contributed by atoms with Crippen molar-refractivity contribution < 1.29 is 9.90 Å². The maximum Gasteiger partial charge on any atom is 0.291 e. The number of aromatic hydroxyl groups is 1. The zero-order valence-corrected chi connectivity index (χ0v) is 9.74. The van der Waals surface area contributed by atoms with Crippen molar-refractivity contribution in [1.29, 1.82) is 0 Å². The molecule has 2 N–H and O–H groups in total. The van der Waals surface area contributed by atoms with Crippen LogP contribution >= 0.6 is 0 Å².